The molecule has 0 radical (unpaired) electrons. The van der Waals surface area contributed by atoms with Gasteiger partial charge in [0, 0.05) is 17.1 Å². The lowest BCUT2D eigenvalue weighted by molar-refractivity contribution is -0.122. The van der Waals surface area contributed by atoms with E-state index < -0.39 is 5.76 Å². The summed E-state index contributed by atoms with van der Waals surface area (Å²) < 4.78 is 6.42. The molecule has 2 rings (SSSR count). The van der Waals surface area contributed by atoms with E-state index in [1.54, 1.807) is 18.2 Å². The molecular weight excluding hydrogens is 304 g/mol. The molecule has 0 saturated carbocycles. The Morgan fingerprint density at radius 2 is 2.05 bits per heavy atom. The van der Waals surface area contributed by atoms with Crippen LogP contribution in [-0.2, 0) is 11.3 Å². The minimum atomic E-state index is -0.553. The highest BCUT2D eigenvalue weighted by molar-refractivity contribution is 6.31. The molecule has 0 aliphatic heterocycles. The number of hydrogen-bond acceptors (Lipinski definition) is 3. The molecule has 1 aromatic heterocycles. The number of carbonyl (C=O) groups is 1. The highest BCUT2D eigenvalue weighted by Gasteiger charge is 2.14. The van der Waals surface area contributed by atoms with Crippen LogP contribution in [0.5, 0.6) is 0 Å². The summed E-state index contributed by atoms with van der Waals surface area (Å²) in [5, 5.41) is 3.40. The molecule has 1 aromatic carbocycles. The second kappa shape index (κ2) is 7.01. The van der Waals surface area contributed by atoms with Crippen LogP contribution >= 0.6 is 11.6 Å². The van der Waals surface area contributed by atoms with Crippen LogP contribution in [0.15, 0.2) is 27.4 Å². The number of aromatic nitrogens is 1. The number of amides is 1. The normalized spacial score (nSPS) is 12.8. The molecule has 2 aromatic rings. The summed E-state index contributed by atoms with van der Waals surface area (Å²) in [6.45, 7) is 6.21. The second-order valence-corrected chi connectivity index (χ2v) is 6.44. The van der Waals surface area contributed by atoms with E-state index in [9.17, 15) is 9.59 Å². The topological polar surface area (TPSA) is 64.2 Å². The molecular formula is C16H21ClN2O3. The van der Waals surface area contributed by atoms with E-state index in [2.05, 4.69) is 19.2 Å². The molecule has 0 bridgehead atoms. The van der Waals surface area contributed by atoms with E-state index >= 15 is 0 Å². The van der Waals surface area contributed by atoms with Gasteiger partial charge in [-0.15, -0.1) is 0 Å². The van der Waals surface area contributed by atoms with Gasteiger partial charge >= 0.3 is 5.76 Å². The molecule has 0 aliphatic carbocycles. The minimum absolute atomic E-state index is 0.0561. The summed E-state index contributed by atoms with van der Waals surface area (Å²) in [5.41, 5.74) is 0.956. The Labute approximate surface area is 134 Å². The van der Waals surface area contributed by atoms with Crippen molar-refractivity contribution in [2.45, 2.75) is 46.2 Å². The smallest absolute Gasteiger partial charge is 0.408 e. The van der Waals surface area contributed by atoms with Gasteiger partial charge in [-0.1, -0.05) is 25.4 Å². The van der Waals surface area contributed by atoms with Crippen molar-refractivity contribution < 1.29 is 9.21 Å². The van der Waals surface area contributed by atoms with Crippen LogP contribution in [0, 0.1) is 5.92 Å². The van der Waals surface area contributed by atoms with Crippen molar-refractivity contribution >= 4 is 28.6 Å². The molecule has 0 unspecified atom stereocenters. The van der Waals surface area contributed by atoms with E-state index in [0.29, 0.717) is 22.0 Å². The Bertz CT molecular complexity index is 718. The summed E-state index contributed by atoms with van der Waals surface area (Å²) in [6, 6.07) is 4.99. The van der Waals surface area contributed by atoms with Gasteiger partial charge in [-0.2, -0.15) is 0 Å². The number of carbonyl (C=O) groups excluding carboxylic acids is 1. The number of fused-ring (bicyclic) bond motifs is 1. The lowest BCUT2D eigenvalue weighted by Gasteiger charge is -2.15. The SMILES string of the molecule is CC(C)CC[C@H](C)NC(=O)Cn1c(=O)oc2cc(Cl)ccc21. The Morgan fingerprint density at radius 3 is 2.73 bits per heavy atom. The number of halogens is 1. The van der Waals surface area contributed by atoms with Crippen molar-refractivity contribution in [1.29, 1.82) is 0 Å². The quantitative estimate of drug-likeness (QED) is 0.887. The molecule has 0 fully saturated rings. The molecule has 120 valence electrons. The van der Waals surface area contributed by atoms with Crippen LogP contribution in [-0.4, -0.2) is 16.5 Å². The Hall–Kier alpha value is -1.75. The van der Waals surface area contributed by atoms with Crippen LogP contribution < -0.4 is 11.1 Å². The zero-order valence-corrected chi connectivity index (χ0v) is 13.8. The van der Waals surface area contributed by atoms with Crippen LogP contribution in [0.4, 0.5) is 0 Å². The number of benzene rings is 1. The standard InChI is InChI=1S/C16H21ClN2O3/c1-10(2)4-5-11(3)18-15(20)9-19-13-7-6-12(17)8-14(13)22-16(19)21/h6-8,10-11H,4-5,9H2,1-3H3,(H,18,20)/t11-/m0/s1. The van der Waals surface area contributed by atoms with Gasteiger partial charge in [0.25, 0.3) is 0 Å². The van der Waals surface area contributed by atoms with Gasteiger partial charge in [0.05, 0.1) is 5.52 Å². The number of nitrogens with one attached hydrogen (secondary N) is 1. The van der Waals surface area contributed by atoms with Gasteiger partial charge in [0.15, 0.2) is 5.58 Å². The lowest BCUT2D eigenvalue weighted by Crippen LogP contribution is -2.36. The summed E-state index contributed by atoms with van der Waals surface area (Å²) in [5.74, 6) is -0.150. The first-order valence-corrected chi connectivity index (χ1v) is 7.83. The lowest BCUT2D eigenvalue weighted by atomic mass is 10.0. The maximum Gasteiger partial charge on any atom is 0.420 e. The third-order valence-electron chi connectivity index (χ3n) is 3.52. The molecule has 5 nitrogen and oxygen atoms in total. The molecule has 1 N–H and O–H groups in total. The molecule has 1 heterocycles. The number of hydrogen-bond donors (Lipinski definition) is 1. The highest BCUT2D eigenvalue weighted by atomic mass is 35.5. The van der Waals surface area contributed by atoms with Crippen molar-refractivity contribution in [1.82, 2.24) is 9.88 Å². The van der Waals surface area contributed by atoms with Gasteiger partial charge in [-0.25, -0.2) is 4.79 Å². The third-order valence-corrected chi connectivity index (χ3v) is 3.75. The summed E-state index contributed by atoms with van der Waals surface area (Å²) in [6.07, 6.45) is 1.97. The third kappa shape index (κ3) is 4.13. The molecule has 1 amide bonds. The van der Waals surface area contributed by atoms with Gasteiger partial charge in [0.2, 0.25) is 5.91 Å². The zero-order valence-electron chi connectivity index (χ0n) is 13.1. The molecule has 22 heavy (non-hydrogen) atoms. The average molecular weight is 325 g/mol. The molecule has 0 saturated heterocycles. The highest BCUT2D eigenvalue weighted by Crippen LogP contribution is 2.18. The predicted molar refractivity (Wildman–Crippen MR) is 87.2 cm³/mol. The van der Waals surface area contributed by atoms with Gasteiger partial charge in [-0.05, 0) is 37.8 Å². The van der Waals surface area contributed by atoms with Gasteiger partial charge in [0.1, 0.15) is 6.54 Å². The first-order chi connectivity index (χ1) is 10.4. The van der Waals surface area contributed by atoms with Gasteiger partial charge < -0.3 is 9.73 Å². The predicted octanol–water partition coefficient (Wildman–Crippen LogP) is 3.19. The van der Waals surface area contributed by atoms with Crippen LogP contribution in [0.1, 0.15) is 33.6 Å². The minimum Gasteiger partial charge on any atom is -0.408 e. The fraction of sp³-hybridized carbons (Fsp3) is 0.500. The maximum absolute atomic E-state index is 12.1. The average Bonchev–Trinajstić information content (AvgIpc) is 2.72. The molecule has 0 aliphatic rings. The Balaban J connectivity index is 2.06. The molecule has 6 heteroatoms. The first-order valence-electron chi connectivity index (χ1n) is 7.45. The van der Waals surface area contributed by atoms with Gasteiger partial charge in [-0.3, -0.25) is 9.36 Å². The van der Waals surface area contributed by atoms with Crippen LogP contribution in [0.25, 0.3) is 11.1 Å². The number of nitrogens with zero attached hydrogens (tertiary/aromatic N) is 1. The number of oxazole rings is 1. The molecule has 1 atom stereocenters. The largest absolute Gasteiger partial charge is 0.420 e. The Kier molecular flexibility index (Phi) is 5.29. The van der Waals surface area contributed by atoms with E-state index in [4.69, 9.17) is 16.0 Å². The number of rotatable bonds is 6. The molecule has 0 spiro atoms. The first kappa shape index (κ1) is 16.6. The van der Waals surface area contributed by atoms with Crippen molar-refractivity contribution in [3.05, 3.63) is 33.8 Å². The fourth-order valence-electron chi connectivity index (χ4n) is 2.31. The van der Waals surface area contributed by atoms with Crippen molar-refractivity contribution in [3.8, 4) is 0 Å². The van der Waals surface area contributed by atoms with E-state index in [0.717, 1.165) is 12.8 Å². The van der Waals surface area contributed by atoms with Crippen molar-refractivity contribution in [2.75, 3.05) is 0 Å². The van der Waals surface area contributed by atoms with Crippen molar-refractivity contribution in [2.24, 2.45) is 5.92 Å². The van der Waals surface area contributed by atoms with Crippen molar-refractivity contribution in [3.63, 3.8) is 0 Å². The van der Waals surface area contributed by atoms with Crippen LogP contribution in [0.3, 0.4) is 0 Å². The zero-order chi connectivity index (χ0) is 16.3. The summed E-state index contributed by atoms with van der Waals surface area (Å²) >= 11 is 5.86. The van der Waals surface area contributed by atoms with Crippen LogP contribution in [0.2, 0.25) is 5.02 Å². The monoisotopic (exact) mass is 324 g/mol. The summed E-state index contributed by atoms with van der Waals surface area (Å²) in [7, 11) is 0. The van der Waals surface area contributed by atoms with E-state index in [-0.39, 0.29) is 18.5 Å². The Morgan fingerprint density at radius 1 is 1.32 bits per heavy atom. The second-order valence-electron chi connectivity index (χ2n) is 6.01. The summed E-state index contributed by atoms with van der Waals surface area (Å²) in [4.78, 5) is 23.9. The van der Waals surface area contributed by atoms with E-state index in [1.165, 1.54) is 4.57 Å². The maximum atomic E-state index is 12.1. The van der Waals surface area contributed by atoms with E-state index in [1.807, 2.05) is 6.92 Å². The fourth-order valence-corrected chi connectivity index (χ4v) is 2.47.